The van der Waals surface area contributed by atoms with E-state index in [1.165, 1.54) is 12.1 Å². The Labute approximate surface area is 66.5 Å². The van der Waals surface area contributed by atoms with Crippen molar-refractivity contribution < 1.29 is 4.39 Å². The predicted octanol–water partition coefficient (Wildman–Crippen LogP) is 2.07. The smallest absolute Gasteiger partial charge is 0.125 e. The van der Waals surface area contributed by atoms with Gasteiger partial charge in [-0.1, -0.05) is 6.07 Å². The first kappa shape index (κ1) is 8.05. The molecule has 0 bridgehead atoms. The van der Waals surface area contributed by atoms with Crippen molar-refractivity contribution in [3.63, 3.8) is 0 Å². The highest BCUT2D eigenvalue weighted by atomic mass is 19.1. The minimum atomic E-state index is -0.221. The third kappa shape index (κ3) is 1.70. The molecule has 0 aliphatic heterocycles. The van der Waals surface area contributed by atoms with Gasteiger partial charge in [0.15, 0.2) is 0 Å². The molecule has 1 aromatic carbocycles. The fourth-order valence-electron chi connectivity index (χ4n) is 0.953. The summed E-state index contributed by atoms with van der Waals surface area (Å²) in [5.74, 6) is -0.221. The summed E-state index contributed by atoms with van der Waals surface area (Å²) < 4.78 is 12.7. The molecule has 0 N–H and O–H groups in total. The highest BCUT2D eigenvalue weighted by Crippen LogP contribution is 2.17. The summed E-state index contributed by atoms with van der Waals surface area (Å²) >= 11 is 0. The van der Waals surface area contributed by atoms with Crippen LogP contribution in [0.2, 0.25) is 0 Å². The van der Waals surface area contributed by atoms with Gasteiger partial charge in [-0.3, -0.25) is 0 Å². The van der Waals surface area contributed by atoms with E-state index >= 15 is 0 Å². The van der Waals surface area contributed by atoms with Crippen molar-refractivity contribution >= 4 is 5.69 Å². The quantitative estimate of drug-likeness (QED) is 0.595. The van der Waals surface area contributed by atoms with Gasteiger partial charge in [-0.05, 0) is 24.6 Å². The molecule has 0 spiro atoms. The second kappa shape index (κ2) is 2.91. The third-order valence-corrected chi connectivity index (χ3v) is 1.53. The van der Waals surface area contributed by atoms with Crippen molar-refractivity contribution in [3.8, 4) is 0 Å². The van der Waals surface area contributed by atoms with E-state index in [1.54, 1.807) is 6.07 Å². The lowest BCUT2D eigenvalue weighted by atomic mass is 10.2. The van der Waals surface area contributed by atoms with Crippen molar-refractivity contribution in [2.75, 3.05) is 19.0 Å². The van der Waals surface area contributed by atoms with Gasteiger partial charge in [-0.2, -0.15) is 0 Å². The molecular formula is C9H11FN. The molecule has 0 amide bonds. The van der Waals surface area contributed by atoms with Gasteiger partial charge in [-0.25, -0.2) is 4.39 Å². The van der Waals surface area contributed by atoms with Crippen LogP contribution in [0.3, 0.4) is 0 Å². The molecule has 1 nitrogen and oxygen atoms in total. The summed E-state index contributed by atoms with van der Waals surface area (Å²) in [5.41, 5.74) is 1.67. The van der Waals surface area contributed by atoms with Gasteiger partial charge in [0.1, 0.15) is 5.82 Å². The van der Waals surface area contributed by atoms with Crippen LogP contribution in [0.25, 0.3) is 0 Å². The molecule has 0 saturated heterocycles. The first-order valence-electron chi connectivity index (χ1n) is 3.40. The van der Waals surface area contributed by atoms with Gasteiger partial charge in [0.05, 0.1) is 0 Å². The van der Waals surface area contributed by atoms with E-state index in [1.807, 2.05) is 19.0 Å². The first-order chi connectivity index (χ1) is 5.11. The second-order valence-corrected chi connectivity index (χ2v) is 2.67. The highest BCUT2D eigenvalue weighted by molar-refractivity contribution is 5.54. The fraction of sp³-hybridized carbons (Fsp3) is 0.222. The van der Waals surface area contributed by atoms with Gasteiger partial charge in [-0.15, -0.1) is 0 Å². The van der Waals surface area contributed by atoms with Crippen LogP contribution in [0.5, 0.6) is 0 Å². The number of nitrogens with zero attached hydrogens (tertiary/aromatic N) is 1. The maximum Gasteiger partial charge on any atom is 0.125 e. The molecule has 1 radical (unpaired) electrons. The Balaban J connectivity index is 3.13. The molecule has 0 heterocycles. The lowest BCUT2D eigenvalue weighted by molar-refractivity contribution is 0.627. The van der Waals surface area contributed by atoms with Crippen molar-refractivity contribution in [2.24, 2.45) is 0 Å². The molecule has 2 heteroatoms. The molecular weight excluding hydrogens is 141 g/mol. The van der Waals surface area contributed by atoms with Crippen molar-refractivity contribution in [1.82, 2.24) is 0 Å². The zero-order valence-corrected chi connectivity index (χ0v) is 6.76. The average molecular weight is 152 g/mol. The van der Waals surface area contributed by atoms with E-state index < -0.39 is 0 Å². The first-order valence-corrected chi connectivity index (χ1v) is 3.40. The van der Waals surface area contributed by atoms with E-state index in [0.29, 0.717) is 0 Å². The fourth-order valence-corrected chi connectivity index (χ4v) is 0.953. The summed E-state index contributed by atoms with van der Waals surface area (Å²) in [6, 6.07) is 4.56. The lowest BCUT2D eigenvalue weighted by Gasteiger charge is -2.14. The Bertz CT molecular complexity index is 256. The van der Waals surface area contributed by atoms with Crippen LogP contribution in [0.4, 0.5) is 10.1 Å². The largest absolute Gasteiger partial charge is 0.377 e. The number of anilines is 1. The monoisotopic (exact) mass is 152 g/mol. The second-order valence-electron chi connectivity index (χ2n) is 2.67. The standard InChI is InChI=1S/C9H11FN/c1-7-4-5-8(10)6-9(7)11(2)3/h4-6H,1H2,2-3H3. The van der Waals surface area contributed by atoms with Gasteiger partial charge in [0, 0.05) is 19.8 Å². The molecule has 0 unspecified atom stereocenters. The molecule has 0 aromatic heterocycles. The molecule has 1 rings (SSSR count). The van der Waals surface area contributed by atoms with Gasteiger partial charge >= 0.3 is 0 Å². The maximum atomic E-state index is 12.7. The summed E-state index contributed by atoms with van der Waals surface area (Å²) in [7, 11) is 3.73. The molecule has 0 atom stereocenters. The van der Waals surface area contributed by atoms with E-state index in [9.17, 15) is 4.39 Å². The van der Waals surface area contributed by atoms with E-state index in [0.717, 1.165) is 11.3 Å². The van der Waals surface area contributed by atoms with Crippen LogP contribution in [0.15, 0.2) is 18.2 Å². The number of rotatable bonds is 1. The number of benzene rings is 1. The molecule has 0 fully saturated rings. The Kier molecular flexibility index (Phi) is 2.13. The van der Waals surface area contributed by atoms with Crippen LogP contribution in [0, 0.1) is 12.7 Å². The van der Waals surface area contributed by atoms with Crippen molar-refractivity contribution in [2.45, 2.75) is 0 Å². The number of halogens is 1. The molecule has 0 saturated carbocycles. The topological polar surface area (TPSA) is 3.24 Å². The van der Waals surface area contributed by atoms with Gasteiger partial charge < -0.3 is 4.90 Å². The summed E-state index contributed by atoms with van der Waals surface area (Å²) in [4.78, 5) is 1.84. The van der Waals surface area contributed by atoms with Crippen LogP contribution >= 0.6 is 0 Å². The Morgan fingerprint density at radius 1 is 1.36 bits per heavy atom. The molecule has 1 aromatic rings. The highest BCUT2D eigenvalue weighted by Gasteiger charge is 2.00. The maximum absolute atomic E-state index is 12.7. The molecule has 59 valence electrons. The normalized spacial score (nSPS) is 9.82. The number of hydrogen-bond donors (Lipinski definition) is 0. The van der Waals surface area contributed by atoms with E-state index in [2.05, 4.69) is 6.92 Å². The summed E-state index contributed by atoms with van der Waals surface area (Å²) in [6.07, 6.45) is 0. The zero-order chi connectivity index (χ0) is 8.43. The van der Waals surface area contributed by atoms with Crippen LogP contribution in [-0.4, -0.2) is 14.1 Å². The predicted molar refractivity (Wildman–Crippen MR) is 45.2 cm³/mol. The van der Waals surface area contributed by atoms with E-state index in [-0.39, 0.29) is 5.82 Å². The lowest BCUT2D eigenvalue weighted by Crippen LogP contribution is -2.10. The van der Waals surface area contributed by atoms with Crippen LogP contribution < -0.4 is 4.90 Å². The summed E-state index contributed by atoms with van der Waals surface area (Å²) in [5, 5.41) is 0. The molecule has 0 aliphatic carbocycles. The van der Waals surface area contributed by atoms with Crippen LogP contribution in [-0.2, 0) is 0 Å². The summed E-state index contributed by atoms with van der Waals surface area (Å²) in [6.45, 7) is 3.77. The minimum absolute atomic E-state index is 0.221. The molecule has 0 aliphatic rings. The Hall–Kier alpha value is -1.05. The number of hydrogen-bond acceptors (Lipinski definition) is 1. The minimum Gasteiger partial charge on any atom is -0.377 e. The van der Waals surface area contributed by atoms with Gasteiger partial charge in [0.2, 0.25) is 0 Å². The zero-order valence-electron chi connectivity index (χ0n) is 6.76. The van der Waals surface area contributed by atoms with Crippen molar-refractivity contribution in [3.05, 3.63) is 36.5 Å². The Morgan fingerprint density at radius 2 is 2.00 bits per heavy atom. The van der Waals surface area contributed by atoms with E-state index in [4.69, 9.17) is 0 Å². The average Bonchev–Trinajstić information content (AvgIpc) is 1.94. The van der Waals surface area contributed by atoms with Crippen molar-refractivity contribution in [1.29, 1.82) is 0 Å². The Morgan fingerprint density at radius 3 is 2.45 bits per heavy atom. The third-order valence-electron chi connectivity index (χ3n) is 1.53. The van der Waals surface area contributed by atoms with Gasteiger partial charge in [0.25, 0.3) is 0 Å². The van der Waals surface area contributed by atoms with Crippen LogP contribution in [0.1, 0.15) is 5.56 Å². The SMILES string of the molecule is [CH2]c1ccc(F)cc1N(C)C. The molecule has 11 heavy (non-hydrogen) atoms.